The molecule has 2 aromatic heterocycles. The van der Waals surface area contributed by atoms with E-state index in [0.29, 0.717) is 23.7 Å². The van der Waals surface area contributed by atoms with E-state index in [9.17, 15) is 14.7 Å². The first kappa shape index (κ1) is 18.5. The fourth-order valence-electron chi connectivity index (χ4n) is 2.27. The van der Waals surface area contributed by atoms with Crippen LogP contribution in [0.2, 0.25) is 0 Å². The van der Waals surface area contributed by atoms with Crippen LogP contribution in [0.15, 0.2) is 56.3 Å². The molecule has 0 saturated heterocycles. The van der Waals surface area contributed by atoms with Gasteiger partial charge in [0.2, 0.25) is 0 Å². The zero-order chi connectivity index (χ0) is 19.2. The molecule has 0 fully saturated rings. The van der Waals surface area contributed by atoms with Crippen LogP contribution in [0.4, 0.5) is 0 Å². The van der Waals surface area contributed by atoms with Crippen molar-refractivity contribution in [3.63, 3.8) is 0 Å². The summed E-state index contributed by atoms with van der Waals surface area (Å²) in [7, 11) is 0. The quantitative estimate of drug-likeness (QED) is 0.592. The molecule has 142 valence electrons. The van der Waals surface area contributed by atoms with Crippen LogP contribution in [0.3, 0.4) is 0 Å². The topological polar surface area (TPSA) is 117 Å². The fraction of sp³-hybridized carbons (Fsp3) is 0.278. The first-order chi connectivity index (χ1) is 13.1. The zero-order valence-corrected chi connectivity index (χ0v) is 14.5. The predicted octanol–water partition coefficient (Wildman–Crippen LogP) is 1.71. The Kier molecular flexibility index (Phi) is 5.72. The number of aliphatic hydroxyl groups is 1. The Balaban J connectivity index is 1.55. The van der Waals surface area contributed by atoms with Crippen molar-refractivity contribution in [1.82, 2.24) is 9.78 Å². The number of aromatic nitrogens is 2. The number of hydrogen-bond acceptors (Lipinski definition) is 8. The summed E-state index contributed by atoms with van der Waals surface area (Å²) in [6, 6.07) is 9.57. The third-order valence-electron chi connectivity index (χ3n) is 3.53. The van der Waals surface area contributed by atoms with Crippen LogP contribution in [-0.2, 0) is 11.3 Å². The molecule has 0 aliphatic carbocycles. The lowest BCUT2D eigenvalue weighted by atomic mass is 10.2. The van der Waals surface area contributed by atoms with Crippen molar-refractivity contribution in [1.29, 1.82) is 0 Å². The number of carbonyl (C=O) groups is 1. The Bertz CT molecular complexity index is 926. The van der Waals surface area contributed by atoms with Gasteiger partial charge >= 0.3 is 11.7 Å². The van der Waals surface area contributed by atoms with Crippen molar-refractivity contribution >= 4 is 5.97 Å². The minimum atomic E-state index is -0.998. The molecule has 0 aliphatic rings. The Morgan fingerprint density at radius 1 is 1.30 bits per heavy atom. The maximum Gasteiger partial charge on any atom is 0.437 e. The third kappa shape index (κ3) is 4.64. The highest BCUT2D eigenvalue weighted by molar-refractivity contribution is 5.89. The van der Waals surface area contributed by atoms with E-state index in [4.69, 9.17) is 18.3 Å². The first-order valence-electron chi connectivity index (χ1n) is 8.26. The molecule has 3 aromatic rings. The number of esters is 1. The molecular weight excluding hydrogens is 356 g/mol. The molecule has 9 nitrogen and oxygen atoms in total. The molecule has 0 aliphatic heterocycles. The lowest BCUT2D eigenvalue weighted by Crippen LogP contribution is -2.29. The fourth-order valence-corrected chi connectivity index (χ4v) is 2.27. The molecule has 1 aromatic carbocycles. The Morgan fingerprint density at radius 3 is 2.74 bits per heavy atom. The van der Waals surface area contributed by atoms with Crippen LogP contribution in [0.25, 0.3) is 11.7 Å². The summed E-state index contributed by atoms with van der Waals surface area (Å²) in [5.74, 6) is -0.307. The Morgan fingerprint density at radius 2 is 2.07 bits per heavy atom. The van der Waals surface area contributed by atoms with Gasteiger partial charge in [-0.2, -0.15) is 4.68 Å². The summed E-state index contributed by atoms with van der Waals surface area (Å²) in [6.45, 7) is 1.85. The summed E-state index contributed by atoms with van der Waals surface area (Å²) >= 11 is 0. The van der Waals surface area contributed by atoms with E-state index < -0.39 is 17.8 Å². The van der Waals surface area contributed by atoms with E-state index in [1.807, 2.05) is 0 Å². The second kappa shape index (κ2) is 8.37. The molecule has 1 unspecified atom stereocenters. The van der Waals surface area contributed by atoms with Crippen LogP contribution >= 0.6 is 0 Å². The number of nitrogens with zero attached hydrogens (tertiary/aromatic N) is 2. The van der Waals surface area contributed by atoms with Crippen LogP contribution in [-0.4, -0.2) is 40.2 Å². The van der Waals surface area contributed by atoms with E-state index >= 15 is 0 Å². The van der Waals surface area contributed by atoms with Gasteiger partial charge in [-0.25, -0.2) is 9.59 Å². The minimum Gasteiger partial charge on any atom is -0.491 e. The lowest BCUT2D eigenvalue weighted by Gasteiger charge is -2.11. The number of benzene rings is 1. The van der Waals surface area contributed by atoms with Gasteiger partial charge in [-0.05, 0) is 43.3 Å². The zero-order valence-electron chi connectivity index (χ0n) is 14.5. The van der Waals surface area contributed by atoms with Crippen molar-refractivity contribution in [2.45, 2.75) is 19.6 Å². The highest BCUT2D eigenvalue weighted by Gasteiger charge is 2.16. The van der Waals surface area contributed by atoms with Crippen LogP contribution in [0.1, 0.15) is 17.3 Å². The number of rotatable bonds is 8. The summed E-state index contributed by atoms with van der Waals surface area (Å²) in [6.07, 6.45) is 0.437. The van der Waals surface area contributed by atoms with Gasteiger partial charge in [0.25, 0.3) is 5.89 Å². The lowest BCUT2D eigenvalue weighted by molar-refractivity contribution is 0.0526. The van der Waals surface area contributed by atoms with E-state index in [1.54, 1.807) is 43.3 Å². The highest BCUT2D eigenvalue weighted by atomic mass is 16.5. The van der Waals surface area contributed by atoms with Crippen molar-refractivity contribution in [2.75, 3.05) is 13.2 Å². The Labute approximate surface area is 153 Å². The summed E-state index contributed by atoms with van der Waals surface area (Å²) in [4.78, 5) is 23.4. The first-order valence-corrected chi connectivity index (χ1v) is 8.26. The van der Waals surface area contributed by atoms with E-state index in [0.717, 1.165) is 4.68 Å². The summed E-state index contributed by atoms with van der Waals surface area (Å²) < 4.78 is 21.4. The normalized spacial score (nSPS) is 11.9. The number of hydrogen-bond donors (Lipinski definition) is 1. The molecule has 27 heavy (non-hydrogen) atoms. The predicted molar refractivity (Wildman–Crippen MR) is 92.4 cm³/mol. The van der Waals surface area contributed by atoms with Gasteiger partial charge in [0.05, 0.1) is 25.0 Å². The number of furan rings is 1. The molecule has 1 N–H and O–H groups in total. The minimum absolute atomic E-state index is 0.0349. The third-order valence-corrected chi connectivity index (χ3v) is 3.53. The van der Waals surface area contributed by atoms with Gasteiger partial charge in [0, 0.05) is 0 Å². The molecule has 0 bridgehead atoms. The standard InChI is InChI=1S/C18H18N2O7/c1-2-24-17(22)12-5-7-14(8-6-12)26-11-13(21)10-20-18(23)27-16(19-20)15-4-3-9-25-15/h3-9,13,21H,2,10-11H2,1H3. The molecule has 2 heterocycles. The van der Waals surface area contributed by atoms with Gasteiger partial charge in [-0.3, -0.25) is 0 Å². The van der Waals surface area contributed by atoms with Crippen LogP contribution in [0.5, 0.6) is 5.75 Å². The smallest absolute Gasteiger partial charge is 0.437 e. The van der Waals surface area contributed by atoms with Crippen LogP contribution < -0.4 is 10.5 Å². The van der Waals surface area contributed by atoms with Gasteiger partial charge in [-0.1, -0.05) is 0 Å². The SMILES string of the molecule is CCOC(=O)c1ccc(OCC(O)Cn2nc(-c3ccco3)oc2=O)cc1. The second-order valence-corrected chi connectivity index (χ2v) is 5.54. The summed E-state index contributed by atoms with van der Waals surface area (Å²) in [5.41, 5.74) is 0.407. The van der Waals surface area contributed by atoms with Gasteiger partial charge in [0.15, 0.2) is 5.76 Å². The van der Waals surface area contributed by atoms with Crippen molar-refractivity contribution in [2.24, 2.45) is 0 Å². The van der Waals surface area contributed by atoms with Gasteiger partial charge < -0.3 is 23.4 Å². The average Bonchev–Trinajstić information content (AvgIpc) is 3.31. The maximum absolute atomic E-state index is 11.8. The number of ether oxygens (including phenoxy) is 2. The monoisotopic (exact) mass is 374 g/mol. The van der Waals surface area contributed by atoms with Crippen LogP contribution in [0, 0.1) is 0 Å². The molecule has 3 rings (SSSR count). The molecule has 1 atom stereocenters. The molecule has 0 spiro atoms. The molecule has 9 heteroatoms. The van der Waals surface area contributed by atoms with E-state index in [2.05, 4.69) is 5.10 Å². The van der Waals surface area contributed by atoms with Crippen molar-refractivity contribution in [3.05, 3.63) is 58.8 Å². The number of aliphatic hydroxyl groups excluding tert-OH is 1. The van der Waals surface area contributed by atoms with E-state index in [1.165, 1.54) is 6.26 Å². The second-order valence-electron chi connectivity index (χ2n) is 5.54. The molecule has 0 saturated carbocycles. The molecular formula is C18H18N2O7. The van der Waals surface area contributed by atoms with E-state index in [-0.39, 0.29) is 19.0 Å². The van der Waals surface area contributed by atoms with Gasteiger partial charge in [0.1, 0.15) is 18.5 Å². The molecule has 0 radical (unpaired) electrons. The molecule has 0 amide bonds. The largest absolute Gasteiger partial charge is 0.491 e. The van der Waals surface area contributed by atoms with Crippen molar-refractivity contribution in [3.8, 4) is 17.4 Å². The number of carbonyl (C=O) groups excluding carboxylic acids is 1. The van der Waals surface area contributed by atoms with Crippen molar-refractivity contribution < 1.29 is 28.2 Å². The van der Waals surface area contributed by atoms with Gasteiger partial charge in [-0.15, -0.1) is 5.10 Å². The summed E-state index contributed by atoms with van der Waals surface area (Å²) in [5, 5.41) is 14.0. The maximum atomic E-state index is 11.8. The Hall–Kier alpha value is -3.33. The average molecular weight is 374 g/mol. The highest BCUT2D eigenvalue weighted by Crippen LogP contribution is 2.16.